The second kappa shape index (κ2) is 9.28. The van der Waals surface area contributed by atoms with Crippen molar-refractivity contribution in [1.29, 1.82) is 0 Å². The smallest absolute Gasteiger partial charge is 0.332 e. The van der Waals surface area contributed by atoms with Gasteiger partial charge in [0, 0.05) is 5.71 Å². The maximum atomic E-state index is 10.7. The van der Waals surface area contributed by atoms with E-state index in [4.69, 9.17) is 5.73 Å². The molecule has 3 N–H and O–H groups in total. The minimum absolute atomic E-state index is 0.418. The predicted molar refractivity (Wildman–Crippen MR) is 119 cm³/mol. The third-order valence-electron chi connectivity index (χ3n) is 7.50. The zero-order valence-corrected chi connectivity index (χ0v) is 18.7. The van der Waals surface area contributed by atoms with Crippen LogP contribution < -0.4 is 11.2 Å². The molecule has 0 aromatic heterocycles. The van der Waals surface area contributed by atoms with E-state index in [0.29, 0.717) is 16.7 Å². The van der Waals surface area contributed by atoms with Gasteiger partial charge in [-0.1, -0.05) is 51.0 Å². The molecule has 3 atom stereocenters. The number of nitrogens with zero attached hydrogens (tertiary/aromatic N) is 1. The summed E-state index contributed by atoms with van der Waals surface area (Å²) in [6.07, 6.45) is 13.1. The lowest BCUT2D eigenvalue weighted by Gasteiger charge is -2.58. The highest BCUT2D eigenvalue weighted by atomic mass is 16.2. The summed E-state index contributed by atoms with van der Waals surface area (Å²) in [5.74, 6) is 1.47. The van der Waals surface area contributed by atoms with E-state index >= 15 is 0 Å². The third kappa shape index (κ3) is 5.48. The van der Waals surface area contributed by atoms with Crippen molar-refractivity contribution in [3.05, 3.63) is 23.8 Å². The first-order valence-corrected chi connectivity index (χ1v) is 11.0. The molecule has 28 heavy (non-hydrogen) atoms. The summed E-state index contributed by atoms with van der Waals surface area (Å²) < 4.78 is 0. The molecule has 4 heteroatoms. The van der Waals surface area contributed by atoms with E-state index in [0.717, 1.165) is 30.9 Å². The molecule has 0 spiro atoms. The maximum absolute atomic E-state index is 10.7. The van der Waals surface area contributed by atoms with Crippen LogP contribution in [0, 0.1) is 22.7 Å². The third-order valence-corrected chi connectivity index (χ3v) is 7.50. The van der Waals surface area contributed by atoms with Gasteiger partial charge < -0.3 is 5.73 Å². The van der Waals surface area contributed by atoms with Gasteiger partial charge in [-0.05, 0) is 87.9 Å². The summed E-state index contributed by atoms with van der Waals surface area (Å²) in [5, 5.41) is 3.97. The molecule has 0 bridgehead atoms. The fraction of sp³-hybridized carbons (Fsp3) is 0.750. The lowest BCUT2D eigenvalue weighted by Crippen LogP contribution is -2.49. The number of urea groups is 1. The largest absolute Gasteiger partial charge is 0.350 e. The molecule has 2 fully saturated rings. The molecule has 2 amide bonds. The molecule has 3 unspecified atom stereocenters. The van der Waals surface area contributed by atoms with E-state index in [-0.39, 0.29) is 0 Å². The lowest BCUT2D eigenvalue weighted by molar-refractivity contribution is -0.0539. The fourth-order valence-electron chi connectivity index (χ4n) is 6.02. The molecule has 0 saturated heterocycles. The first-order chi connectivity index (χ1) is 13.1. The van der Waals surface area contributed by atoms with Crippen molar-refractivity contribution in [1.82, 2.24) is 5.43 Å². The Morgan fingerprint density at radius 2 is 2.00 bits per heavy atom. The number of fused-ring (bicyclic) bond motifs is 1. The normalized spacial score (nSPS) is 30.7. The van der Waals surface area contributed by atoms with E-state index in [9.17, 15) is 4.79 Å². The molecule has 0 aliphatic heterocycles. The highest BCUT2D eigenvalue weighted by molar-refractivity contribution is 5.83. The zero-order valence-electron chi connectivity index (χ0n) is 18.7. The summed E-state index contributed by atoms with van der Waals surface area (Å²) in [5.41, 5.74) is 12.0. The Bertz CT molecular complexity index is 646. The van der Waals surface area contributed by atoms with Gasteiger partial charge in [0.15, 0.2) is 0 Å². The molecule has 0 aromatic carbocycles. The SMILES string of the molecule is C=C1CCC2C(C)(C)CCCC2(C)C1CC/C(C)=C\CC/C(C)=N/NC(N)=O. The molecular weight excluding hydrogens is 346 g/mol. The molecule has 0 heterocycles. The standard InChI is InChI=1S/C24H41N3O/c1-17(9-7-10-19(3)26-27-22(25)28)11-13-20-18(2)12-14-21-23(4,5)15-8-16-24(20,21)6/h9,20-21H,2,7-8,10-16H2,1,3-6H3,(H3,25,27,28)/b17-9-,26-19+. The molecule has 158 valence electrons. The number of hydrogen-bond acceptors (Lipinski definition) is 2. The van der Waals surface area contributed by atoms with Crippen LogP contribution in [-0.4, -0.2) is 11.7 Å². The van der Waals surface area contributed by atoms with Gasteiger partial charge in [0.2, 0.25) is 0 Å². The highest BCUT2D eigenvalue weighted by Crippen LogP contribution is 2.61. The van der Waals surface area contributed by atoms with Crippen LogP contribution in [0.15, 0.2) is 28.9 Å². The van der Waals surface area contributed by atoms with Crippen LogP contribution in [0.1, 0.15) is 92.4 Å². The van der Waals surface area contributed by atoms with E-state index in [1.54, 1.807) is 0 Å². The number of allylic oxidation sites excluding steroid dienone is 3. The Morgan fingerprint density at radius 3 is 2.68 bits per heavy atom. The number of nitrogens with one attached hydrogen (secondary N) is 1. The van der Waals surface area contributed by atoms with Crippen molar-refractivity contribution in [2.24, 2.45) is 33.5 Å². The number of rotatable bonds is 7. The number of amides is 2. The maximum Gasteiger partial charge on any atom is 0.332 e. The molecule has 0 aromatic rings. The zero-order chi connectivity index (χ0) is 20.9. The van der Waals surface area contributed by atoms with Gasteiger partial charge >= 0.3 is 6.03 Å². The monoisotopic (exact) mass is 387 g/mol. The second-order valence-corrected chi connectivity index (χ2v) is 10.1. The average molecular weight is 388 g/mol. The van der Waals surface area contributed by atoms with Crippen LogP contribution in [0.4, 0.5) is 4.79 Å². The highest BCUT2D eigenvalue weighted by Gasteiger charge is 2.52. The van der Waals surface area contributed by atoms with Crippen LogP contribution >= 0.6 is 0 Å². The summed E-state index contributed by atoms with van der Waals surface area (Å²) in [6.45, 7) is 16.2. The van der Waals surface area contributed by atoms with Gasteiger partial charge in [-0.15, -0.1) is 0 Å². The van der Waals surface area contributed by atoms with Crippen LogP contribution in [0.25, 0.3) is 0 Å². The van der Waals surface area contributed by atoms with Crippen molar-refractivity contribution in [2.75, 3.05) is 0 Å². The van der Waals surface area contributed by atoms with Crippen LogP contribution in [0.3, 0.4) is 0 Å². The Hall–Kier alpha value is -1.58. The van der Waals surface area contributed by atoms with Crippen molar-refractivity contribution in [3.63, 3.8) is 0 Å². The summed E-state index contributed by atoms with van der Waals surface area (Å²) in [4.78, 5) is 10.7. The van der Waals surface area contributed by atoms with E-state index in [1.165, 1.54) is 49.7 Å². The van der Waals surface area contributed by atoms with Crippen molar-refractivity contribution in [3.8, 4) is 0 Å². The van der Waals surface area contributed by atoms with Crippen molar-refractivity contribution < 1.29 is 4.79 Å². The lowest BCUT2D eigenvalue weighted by atomic mass is 9.47. The first kappa shape index (κ1) is 22.7. The Morgan fingerprint density at radius 1 is 1.29 bits per heavy atom. The number of carbonyl (C=O) groups is 1. The Kier molecular flexibility index (Phi) is 7.52. The van der Waals surface area contributed by atoms with Crippen LogP contribution in [0.2, 0.25) is 0 Å². The topological polar surface area (TPSA) is 67.5 Å². The van der Waals surface area contributed by atoms with Gasteiger partial charge in [-0.2, -0.15) is 5.10 Å². The Labute approximate surface area is 172 Å². The fourth-order valence-corrected chi connectivity index (χ4v) is 6.02. The summed E-state index contributed by atoms with van der Waals surface area (Å²) in [6, 6.07) is -0.614. The van der Waals surface area contributed by atoms with E-state index < -0.39 is 6.03 Å². The number of primary amides is 1. The van der Waals surface area contributed by atoms with Crippen LogP contribution in [0.5, 0.6) is 0 Å². The number of nitrogens with two attached hydrogens (primary N) is 1. The molecule has 2 rings (SSSR count). The van der Waals surface area contributed by atoms with E-state index in [2.05, 4.69) is 50.9 Å². The quantitative estimate of drug-likeness (QED) is 0.299. The average Bonchev–Trinajstić information content (AvgIpc) is 2.58. The summed E-state index contributed by atoms with van der Waals surface area (Å²) in [7, 11) is 0. The molecule has 2 aliphatic carbocycles. The molecule has 2 aliphatic rings. The van der Waals surface area contributed by atoms with Gasteiger partial charge in [0.1, 0.15) is 0 Å². The number of hydrazone groups is 1. The summed E-state index contributed by atoms with van der Waals surface area (Å²) >= 11 is 0. The van der Waals surface area contributed by atoms with Gasteiger partial charge in [-0.25, -0.2) is 10.2 Å². The Balaban J connectivity index is 1.93. The van der Waals surface area contributed by atoms with Crippen molar-refractivity contribution in [2.45, 2.75) is 92.4 Å². The minimum Gasteiger partial charge on any atom is -0.350 e. The number of hydrogen-bond donors (Lipinski definition) is 2. The van der Waals surface area contributed by atoms with E-state index in [1.807, 2.05) is 6.92 Å². The van der Waals surface area contributed by atoms with Crippen molar-refractivity contribution >= 4 is 11.7 Å². The predicted octanol–water partition coefficient (Wildman–Crippen LogP) is 6.34. The van der Waals surface area contributed by atoms with Crippen LogP contribution in [-0.2, 0) is 0 Å². The molecule has 2 saturated carbocycles. The number of carbonyl (C=O) groups excluding carboxylic acids is 1. The van der Waals surface area contributed by atoms with Gasteiger partial charge in [0.05, 0.1) is 0 Å². The molecular formula is C24H41N3O. The molecule has 0 radical (unpaired) electrons. The second-order valence-electron chi connectivity index (χ2n) is 10.1. The molecule has 4 nitrogen and oxygen atoms in total. The first-order valence-electron chi connectivity index (χ1n) is 11.0. The van der Waals surface area contributed by atoms with Gasteiger partial charge in [-0.3, -0.25) is 0 Å². The minimum atomic E-state index is -0.614. The van der Waals surface area contributed by atoms with Gasteiger partial charge in [0.25, 0.3) is 0 Å².